The molecule has 0 unspecified atom stereocenters. The number of carbonyl (C=O) groups is 1. The molecule has 2 aromatic rings. The normalized spacial score (nSPS) is 26.7. The first-order chi connectivity index (χ1) is 18.6. The van der Waals surface area contributed by atoms with Gasteiger partial charge in [-0.15, -0.1) is 5.10 Å². The van der Waals surface area contributed by atoms with Crippen LogP contribution in [0.25, 0.3) is 0 Å². The molecule has 1 amide bonds. The molecule has 8 nitrogen and oxygen atoms in total. The van der Waals surface area contributed by atoms with Crippen LogP contribution in [0.1, 0.15) is 72.5 Å². The number of amides is 1. The molecule has 1 aromatic heterocycles. The fraction of sp³-hybridized carbons (Fsp3) is 0.633. The second kappa shape index (κ2) is 13.0. The Hall–Kier alpha value is -2.55. The van der Waals surface area contributed by atoms with Crippen molar-refractivity contribution in [3.8, 4) is 0 Å². The number of benzene rings is 1. The molecule has 5 rings (SSSR count). The van der Waals surface area contributed by atoms with Gasteiger partial charge in [0.1, 0.15) is 0 Å². The molecular formula is C30H43N5O3. The monoisotopic (exact) mass is 521 g/mol. The molecular weight excluding hydrogens is 478 g/mol. The van der Waals surface area contributed by atoms with Crippen molar-refractivity contribution >= 4 is 11.6 Å². The quantitative estimate of drug-likeness (QED) is 0.539. The highest BCUT2D eigenvalue weighted by Gasteiger charge is 2.31. The Bertz CT molecular complexity index is 1040. The molecule has 38 heavy (non-hydrogen) atoms. The molecule has 4 atom stereocenters. The van der Waals surface area contributed by atoms with Crippen LogP contribution in [0.15, 0.2) is 36.5 Å². The predicted octanol–water partition coefficient (Wildman–Crippen LogP) is 4.17. The topological polar surface area (TPSA) is 88.6 Å². The van der Waals surface area contributed by atoms with Crippen molar-refractivity contribution in [1.29, 1.82) is 0 Å². The summed E-state index contributed by atoms with van der Waals surface area (Å²) in [5.41, 5.74) is 3.74. The Morgan fingerprint density at radius 2 is 1.95 bits per heavy atom. The first-order valence-electron chi connectivity index (χ1n) is 14.4. The molecule has 3 heterocycles. The number of nitrogens with one attached hydrogen (secondary N) is 2. The lowest BCUT2D eigenvalue weighted by Crippen LogP contribution is -2.54. The van der Waals surface area contributed by atoms with E-state index < -0.39 is 0 Å². The van der Waals surface area contributed by atoms with E-state index in [0.717, 1.165) is 56.8 Å². The first kappa shape index (κ1) is 27.0. The molecule has 3 aliphatic rings. The Morgan fingerprint density at radius 1 is 1.13 bits per heavy atom. The van der Waals surface area contributed by atoms with E-state index in [2.05, 4.69) is 51.2 Å². The van der Waals surface area contributed by atoms with Crippen molar-refractivity contribution < 1.29 is 14.3 Å². The maximum absolute atomic E-state index is 13.4. The molecule has 1 aromatic carbocycles. The van der Waals surface area contributed by atoms with E-state index in [-0.39, 0.29) is 12.0 Å². The fourth-order valence-electron chi connectivity index (χ4n) is 6.42. The molecule has 1 aliphatic carbocycles. The third kappa shape index (κ3) is 6.53. The molecule has 206 valence electrons. The van der Waals surface area contributed by atoms with Crippen molar-refractivity contribution in [3.05, 3.63) is 53.3 Å². The maximum atomic E-state index is 13.4. The van der Waals surface area contributed by atoms with Crippen LogP contribution in [0.2, 0.25) is 0 Å². The zero-order valence-corrected chi connectivity index (χ0v) is 22.9. The summed E-state index contributed by atoms with van der Waals surface area (Å²) in [5.74, 6) is 1.23. The first-order valence-corrected chi connectivity index (χ1v) is 14.4. The number of hydrogen-bond acceptors (Lipinski definition) is 7. The zero-order valence-electron chi connectivity index (χ0n) is 22.9. The van der Waals surface area contributed by atoms with Crippen LogP contribution in [-0.4, -0.2) is 79.1 Å². The largest absolute Gasteiger partial charge is 0.383 e. The fourth-order valence-corrected chi connectivity index (χ4v) is 6.42. The number of aromatic nitrogens is 2. The lowest BCUT2D eigenvalue weighted by Gasteiger charge is -2.38. The standard InChI is InChI=1S/C30H43N5O3/c1-21-27(31-18-22-7-6-10-24(17-22)23-8-4-3-5-9-23)19-32-34-29(21)30(36)35-14-11-25(12-15-35)33-26-13-16-38-20-28(26)37-2/h3-5,8-9,19,22,24-26,28,33H,6-7,10-18,20H2,1-2H3,(H,31,34)/t22-,24+,26-,28+/m0/s1. The Labute approximate surface area is 226 Å². The second-order valence-corrected chi connectivity index (χ2v) is 11.2. The number of nitrogens with zero attached hydrogens (tertiary/aromatic N) is 3. The molecule has 0 spiro atoms. The van der Waals surface area contributed by atoms with Crippen molar-refractivity contribution in [3.63, 3.8) is 0 Å². The maximum Gasteiger partial charge on any atom is 0.274 e. The van der Waals surface area contributed by atoms with Gasteiger partial charge in [0.05, 0.1) is 24.6 Å². The third-order valence-electron chi connectivity index (χ3n) is 8.78. The number of piperidine rings is 1. The molecule has 0 radical (unpaired) electrons. The number of likely N-dealkylation sites (tertiary alicyclic amines) is 1. The average molecular weight is 522 g/mol. The van der Waals surface area contributed by atoms with Gasteiger partial charge in [0.25, 0.3) is 5.91 Å². The summed E-state index contributed by atoms with van der Waals surface area (Å²) < 4.78 is 11.1. The van der Waals surface area contributed by atoms with Crippen LogP contribution >= 0.6 is 0 Å². The zero-order chi connectivity index (χ0) is 26.3. The van der Waals surface area contributed by atoms with Gasteiger partial charge in [0, 0.05) is 51.0 Å². The van der Waals surface area contributed by atoms with Gasteiger partial charge in [0.15, 0.2) is 5.69 Å². The summed E-state index contributed by atoms with van der Waals surface area (Å²) in [6, 6.07) is 11.6. The summed E-state index contributed by atoms with van der Waals surface area (Å²) in [5, 5.41) is 15.8. The SMILES string of the molecule is CO[C@@H]1COCC[C@@H]1NC1CCN(C(=O)c2nncc(NC[C@H]3CCC[C@@H](c4ccccc4)C3)c2C)CC1. The van der Waals surface area contributed by atoms with Crippen molar-refractivity contribution in [2.24, 2.45) is 5.92 Å². The number of anilines is 1. The minimum atomic E-state index is -0.0141. The van der Waals surface area contributed by atoms with Crippen LogP contribution in [-0.2, 0) is 9.47 Å². The molecule has 2 aliphatic heterocycles. The van der Waals surface area contributed by atoms with Crippen LogP contribution in [0.4, 0.5) is 5.69 Å². The van der Waals surface area contributed by atoms with Crippen LogP contribution in [0, 0.1) is 12.8 Å². The van der Waals surface area contributed by atoms with Crippen molar-refractivity contribution in [2.45, 2.75) is 76.0 Å². The van der Waals surface area contributed by atoms with Gasteiger partial charge in [-0.2, -0.15) is 5.10 Å². The van der Waals surface area contributed by atoms with E-state index in [1.165, 1.54) is 31.2 Å². The van der Waals surface area contributed by atoms with Gasteiger partial charge >= 0.3 is 0 Å². The van der Waals surface area contributed by atoms with E-state index in [1.807, 2.05) is 11.8 Å². The summed E-state index contributed by atoms with van der Waals surface area (Å²) >= 11 is 0. The van der Waals surface area contributed by atoms with Crippen LogP contribution < -0.4 is 10.6 Å². The highest BCUT2D eigenvalue weighted by Crippen LogP contribution is 2.36. The second-order valence-electron chi connectivity index (χ2n) is 11.2. The number of hydrogen-bond donors (Lipinski definition) is 2. The van der Waals surface area contributed by atoms with Gasteiger partial charge in [-0.1, -0.05) is 36.8 Å². The van der Waals surface area contributed by atoms with Gasteiger partial charge in [-0.05, 0) is 62.8 Å². The number of ether oxygens (including phenoxy) is 2. The van der Waals surface area contributed by atoms with E-state index in [4.69, 9.17) is 9.47 Å². The highest BCUT2D eigenvalue weighted by molar-refractivity contribution is 5.94. The van der Waals surface area contributed by atoms with Gasteiger partial charge in [-0.25, -0.2) is 0 Å². The number of rotatable bonds is 8. The molecule has 2 N–H and O–H groups in total. The lowest BCUT2D eigenvalue weighted by molar-refractivity contribution is -0.0533. The average Bonchev–Trinajstić information content (AvgIpc) is 2.97. The third-order valence-corrected chi connectivity index (χ3v) is 8.78. The Kier molecular flexibility index (Phi) is 9.25. The van der Waals surface area contributed by atoms with E-state index in [0.29, 0.717) is 36.2 Å². The molecule has 1 saturated carbocycles. The molecule has 8 heteroatoms. The Balaban J connectivity index is 1.13. The van der Waals surface area contributed by atoms with Gasteiger partial charge in [-0.3, -0.25) is 4.79 Å². The van der Waals surface area contributed by atoms with E-state index in [9.17, 15) is 4.79 Å². The predicted molar refractivity (Wildman–Crippen MR) is 148 cm³/mol. The molecule has 3 fully saturated rings. The molecule has 2 saturated heterocycles. The van der Waals surface area contributed by atoms with E-state index >= 15 is 0 Å². The number of carbonyl (C=O) groups excluding carboxylic acids is 1. The summed E-state index contributed by atoms with van der Waals surface area (Å²) in [4.78, 5) is 15.3. The summed E-state index contributed by atoms with van der Waals surface area (Å²) in [7, 11) is 1.75. The van der Waals surface area contributed by atoms with Crippen LogP contribution in [0.3, 0.4) is 0 Å². The highest BCUT2D eigenvalue weighted by atomic mass is 16.5. The van der Waals surface area contributed by atoms with E-state index in [1.54, 1.807) is 13.3 Å². The van der Waals surface area contributed by atoms with Crippen molar-refractivity contribution in [1.82, 2.24) is 20.4 Å². The van der Waals surface area contributed by atoms with Crippen LogP contribution in [0.5, 0.6) is 0 Å². The smallest absolute Gasteiger partial charge is 0.274 e. The molecule has 0 bridgehead atoms. The number of methoxy groups -OCH3 is 1. The van der Waals surface area contributed by atoms with Gasteiger partial charge < -0.3 is 25.0 Å². The van der Waals surface area contributed by atoms with Crippen molar-refractivity contribution in [2.75, 3.05) is 45.3 Å². The minimum Gasteiger partial charge on any atom is -0.383 e. The van der Waals surface area contributed by atoms with Gasteiger partial charge in [0.2, 0.25) is 0 Å². The summed E-state index contributed by atoms with van der Waals surface area (Å²) in [6.07, 6.45) is 9.62. The lowest BCUT2D eigenvalue weighted by atomic mass is 9.78. The summed E-state index contributed by atoms with van der Waals surface area (Å²) in [6.45, 7) is 5.74. The Morgan fingerprint density at radius 3 is 2.74 bits per heavy atom. The minimum absolute atomic E-state index is 0.0141.